The van der Waals surface area contributed by atoms with Crippen LogP contribution in [0.1, 0.15) is 16.8 Å². The Hall–Kier alpha value is -3.63. The number of phosphoric acid groups is 1. The fraction of sp³-hybridized carbons (Fsp3) is 0.130. The number of aromatic nitrogens is 2. The standard InChI is InChI=1S/C23H20F2N3O6P/c24-17-7-8-20(25)22(11-17)32-13-16-5-3-15(4-6-16)10-18-12-21(34-27-18)19-2-1-9-28(23(19)26)14-33-35(29,30)31/h1-9,11-12,26H,10,13-14H2,(H2,29,30,31). The number of anilines is 1. The summed E-state index contributed by atoms with van der Waals surface area (Å²) in [6.45, 7) is -0.427. The second-order valence-electron chi connectivity index (χ2n) is 7.54. The molecule has 0 saturated heterocycles. The number of hydrogen-bond donors (Lipinski definition) is 2. The van der Waals surface area contributed by atoms with Gasteiger partial charge in [-0.1, -0.05) is 29.4 Å². The number of halogens is 2. The number of benzene rings is 2. The van der Waals surface area contributed by atoms with Gasteiger partial charge in [0, 0.05) is 18.6 Å². The van der Waals surface area contributed by atoms with E-state index in [1.54, 1.807) is 18.2 Å². The number of nitrogens with two attached hydrogens (primary N) is 1. The Morgan fingerprint density at radius 3 is 2.60 bits per heavy atom. The molecule has 0 saturated carbocycles. The van der Waals surface area contributed by atoms with Gasteiger partial charge in [0.15, 0.2) is 24.1 Å². The van der Waals surface area contributed by atoms with E-state index in [9.17, 15) is 18.2 Å². The van der Waals surface area contributed by atoms with Gasteiger partial charge in [-0.2, -0.15) is 0 Å². The van der Waals surface area contributed by atoms with Gasteiger partial charge in [-0.25, -0.2) is 13.3 Å². The van der Waals surface area contributed by atoms with E-state index in [1.165, 1.54) is 10.8 Å². The van der Waals surface area contributed by atoms with Crippen molar-refractivity contribution < 1.29 is 41.5 Å². The predicted octanol–water partition coefficient (Wildman–Crippen LogP) is 3.09. The van der Waals surface area contributed by atoms with Crippen molar-refractivity contribution in [3.05, 3.63) is 95.3 Å². The van der Waals surface area contributed by atoms with Crippen LogP contribution in [0.25, 0.3) is 11.3 Å². The van der Waals surface area contributed by atoms with Gasteiger partial charge in [0.25, 0.3) is 13.6 Å². The molecule has 35 heavy (non-hydrogen) atoms. The fourth-order valence-electron chi connectivity index (χ4n) is 3.25. The van der Waals surface area contributed by atoms with E-state index in [1.807, 2.05) is 24.3 Å². The lowest BCUT2D eigenvalue weighted by Crippen LogP contribution is -2.38. The molecule has 1 atom stereocenters. The maximum Gasteiger partial charge on any atom is 0.285 e. The van der Waals surface area contributed by atoms with Crippen molar-refractivity contribution in [3.63, 3.8) is 0 Å². The Balaban J connectivity index is 1.40. The summed E-state index contributed by atoms with van der Waals surface area (Å²) < 4.78 is 54.2. The molecule has 4 rings (SSSR count). The van der Waals surface area contributed by atoms with Crippen LogP contribution in [0, 0.1) is 11.6 Å². The van der Waals surface area contributed by atoms with Gasteiger partial charge in [0.2, 0.25) is 0 Å². The van der Waals surface area contributed by atoms with Crippen molar-refractivity contribution in [1.29, 1.82) is 0 Å². The monoisotopic (exact) mass is 503 g/mol. The number of rotatable bonds is 9. The maximum absolute atomic E-state index is 13.7. The third-order valence-corrected chi connectivity index (χ3v) is 5.44. The van der Waals surface area contributed by atoms with Crippen LogP contribution in [-0.2, 0) is 28.8 Å². The Morgan fingerprint density at radius 1 is 1.11 bits per heavy atom. The predicted molar refractivity (Wildman–Crippen MR) is 117 cm³/mol. The molecule has 182 valence electrons. The fourth-order valence-corrected chi connectivity index (χ4v) is 3.52. The first-order chi connectivity index (χ1) is 16.7. The smallest absolute Gasteiger partial charge is 0.285 e. The average Bonchev–Trinajstić information content (AvgIpc) is 3.27. The molecule has 0 amide bonds. The largest absolute Gasteiger partial charge is 0.756 e. The molecule has 2 heterocycles. The lowest BCUT2D eigenvalue weighted by Gasteiger charge is -2.14. The van der Waals surface area contributed by atoms with Crippen LogP contribution in [-0.4, -0.2) is 10.1 Å². The van der Waals surface area contributed by atoms with Crippen molar-refractivity contribution in [3.8, 4) is 17.1 Å². The molecule has 0 radical (unpaired) electrons. The van der Waals surface area contributed by atoms with Crippen LogP contribution in [0.15, 0.2) is 71.4 Å². The molecule has 1 unspecified atom stereocenters. The van der Waals surface area contributed by atoms with Crippen LogP contribution >= 0.6 is 7.82 Å². The molecule has 2 aromatic heterocycles. The highest BCUT2D eigenvalue weighted by molar-refractivity contribution is 7.44. The number of phosphoric ester groups is 1. The Bertz CT molecular complexity index is 1370. The zero-order chi connectivity index (χ0) is 25.0. The molecule has 2 aromatic carbocycles. The van der Waals surface area contributed by atoms with Crippen LogP contribution in [0.5, 0.6) is 5.75 Å². The molecular weight excluding hydrogens is 483 g/mol. The molecule has 0 aliphatic heterocycles. The van der Waals surface area contributed by atoms with E-state index >= 15 is 0 Å². The number of nitrogen functional groups attached to an aromatic ring is 1. The van der Waals surface area contributed by atoms with Gasteiger partial charge in [0.1, 0.15) is 18.0 Å². The highest BCUT2D eigenvalue weighted by Crippen LogP contribution is 2.30. The third-order valence-electron chi connectivity index (χ3n) is 4.99. The molecule has 0 fully saturated rings. The second kappa shape index (κ2) is 10.3. The van der Waals surface area contributed by atoms with Crippen molar-refractivity contribution in [2.24, 2.45) is 0 Å². The third kappa shape index (κ3) is 6.49. The van der Waals surface area contributed by atoms with Crippen LogP contribution in [0.2, 0.25) is 0 Å². The van der Waals surface area contributed by atoms with E-state index in [2.05, 4.69) is 9.68 Å². The number of ether oxygens (including phenoxy) is 1. The van der Waals surface area contributed by atoms with Gasteiger partial charge < -0.3 is 19.0 Å². The molecule has 0 spiro atoms. The zero-order valence-electron chi connectivity index (χ0n) is 18.1. The molecule has 12 heteroatoms. The summed E-state index contributed by atoms with van der Waals surface area (Å²) in [6, 6.07) is 15.3. The Labute approximate surface area is 198 Å². The van der Waals surface area contributed by atoms with Crippen molar-refractivity contribution in [2.45, 2.75) is 19.8 Å². The lowest BCUT2D eigenvalue weighted by atomic mass is 10.1. The molecule has 4 aromatic rings. The summed E-state index contributed by atoms with van der Waals surface area (Å²) in [6.07, 6.45) is 1.93. The first-order valence-electron chi connectivity index (χ1n) is 10.3. The average molecular weight is 503 g/mol. The number of hydrogen-bond acceptors (Lipinski definition) is 7. The highest BCUT2D eigenvalue weighted by Gasteiger charge is 2.18. The van der Waals surface area contributed by atoms with Crippen LogP contribution < -0.4 is 19.9 Å². The summed E-state index contributed by atoms with van der Waals surface area (Å²) in [7, 11) is -4.90. The van der Waals surface area contributed by atoms with Gasteiger partial charge in [-0.15, -0.1) is 0 Å². The minimum atomic E-state index is -4.90. The molecule has 3 N–H and O–H groups in total. The lowest BCUT2D eigenvalue weighted by molar-refractivity contribution is -0.712. The normalized spacial score (nSPS) is 12.9. The minimum absolute atomic E-state index is 0.0733. The van der Waals surface area contributed by atoms with E-state index in [-0.39, 0.29) is 18.2 Å². The summed E-state index contributed by atoms with van der Waals surface area (Å²) in [5.74, 6) is -0.856. The van der Waals surface area contributed by atoms with Crippen molar-refractivity contribution >= 4 is 13.6 Å². The molecule has 0 bridgehead atoms. The van der Waals surface area contributed by atoms with Gasteiger partial charge in [-0.05, 0) is 35.4 Å². The van der Waals surface area contributed by atoms with Crippen LogP contribution in [0.3, 0.4) is 0 Å². The summed E-state index contributed by atoms with van der Waals surface area (Å²) in [5, 5.41) is 4.05. The van der Waals surface area contributed by atoms with Gasteiger partial charge in [-0.3, -0.25) is 14.8 Å². The van der Waals surface area contributed by atoms with Gasteiger partial charge in [0.05, 0.1) is 11.9 Å². The maximum atomic E-state index is 13.7. The second-order valence-corrected chi connectivity index (χ2v) is 8.74. The zero-order valence-corrected chi connectivity index (χ0v) is 19.0. The van der Waals surface area contributed by atoms with Crippen molar-refractivity contribution in [2.75, 3.05) is 5.73 Å². The molecule has 0 aliphatic carbocycles. The molecule has 9 nitrogen and oxygen atoms in total. The molecule has 0 aliphatic rings. The highest BCUT2D eigenvalue weighted by atomic mass is 31.2. The Morgan fingerprint density at radius 2 is 1.86 bits per heavy atom. The minimum Gasteiger partial charge on any atom is -0.756 e. The van der Waals surface area contributed by atoms with E-state index in [0.717, 1.165) is 29.3 Å². The summed E-state index contributed by atoms with van der Waals surface area (Å²) in [4.78, 5) is 19.6. The Kier molecular flexibility index (Phi) is 7.23. The first-order valence-corrected chi connectivity index (χ1v) is 11.8. The van der Waals surface area contributed by atoms with E-state index in [0.29, 0.717) is 23.4 Å². The summed E-state index contributed by atoms with van der Waals surface area (Å²) in [5.41, 5.74) is 8.85. The topological polar surface area (TPSA) is 135 Å². The number of pyridine rings is 1. The van der Waals surface area contributed by atoms with Crippen LogP contribution in [0.4, 0.5) is 14.6 Å². The van der Waals surface area contributed by atoms with Crippen molar-refractivity contribution in [1.82, 2.24) is 5.16 Å². The number of nitrogens with zero attached hydrogens (tertiary/aromatic N) is 2. The first kappa shape index (κ1) is 24.5. The van der Waals surface area contributed by atoms with E-state index < -0.39 is 26.2 Å². The quantitative estimate of drug-likeness (QED) is 0.263. The summed E-state index contributed by atoms with van der Waals surface area (Å²) >= 11 is 0. The van der Waals surface area contributed by atoms with E-state index in [4.69, 9.17) is 19.9 Å². The SMILES string of the molecule is Nc1c(-c2cc(Cc3ccc(COc4cc(F)ccc4F)cc3)no2)ccc[n+]1COP(=O)([O-])O. The molecular formula is C23H20F2N3O6P. The van der Waals surface area contributed by atoms with Gasteiger partial charge >= 0.3 is 0 Å².